The largest absolute Gasteiger partial charge is 0.404 e. The number of carbonyl (C=O) groups excluding carboxylic acids is 1. The molecule has 1 rings (SSSR count). The van der Waals surface area contributed by atoms with Gasteiger partial charge in [0.1, 0.15) is 11.7 Å². The van der Waals surface area contributed by atoms with Crippen molar-refractivity contribution in [2.24, 2.45) is 17.3 Å². The number of Topliss-reactive ketones (excluding diaryl/α,β-unsaturated/α-hetero) is 1. The van der Waals surface area contributed by atoms with Crippen molar-refractivity contribution in [2.75, 3.05) is 0 Å². The van der Waals surface area contributed by atoms with E-state index in [-0.39, 0.29) is 34.2 Å². The lowest BCUT2D eigenvalue weighted by molar-refractivity contribution is -0.159. The molecule has 1 N–H and O–H groups in total. The molecule has 33 heavy (non-hydrogen) atoms. The zero-order valence-corrected chi connectivity index (χ0v) is 23.9. The summed E-state index contributed by atoms with van der Waals surface area (Å²) in [7, 11) is -2.31. The van der Waals surface area contributed by atoms with Gasteiger partial charge in [-0.25, -0.2) is 0 Å². The molecule has 190 valence electrons. The van der Waals surface area contributed by atoms with E-state index in [0.717, 1.165) is 6.42 Å². The third-order valence-corrected chi connectivity index (χ3v) is 12.2. The Morgan fingerprint density at radius 3 is 2.30 bits per heavy atom. The molecule has 5 heteroatoms. The Labute approximate surface area is 204 Å². The van der Waals surface area contributed by atoms with Crippen LogP contribution in [-0.4, -0.2) is 43.1 Å². The van der Waals surface area contributed by atoms with Gasteiger partial charge in [-0.15, -0.1) is 13.2 Å². The van der Waals surface area contributed by atoms with Crippen LogP contribution in [0.5, 0.6) is 0 Å². The summed E-state index contributed by atoms with van der Waals surface area (Å²) in [6, 6.07) is 0. The van der Waals surface area contributed by atoms with E-state index < -0.39 is 26.1 Å². The van der Waals surface area contributed by atoms with Crippen molar-refractivity contribution >= 4 is 14.1 Å². The molecule has 0 aromatic rings. The van der Waals surface area contributed by atoms with Gasteiger partial charge in [0.15, 0.2) is 14.1 Å². The van der Waals surface area contributed by atoms with E-state index in [2.05, 4.69) is 79.9 Å². The van der Waals surface area contributed by atoms with E-state index in [4.69, 9.17) is 9.16 Å². The molecule has 0 aliphatic carbocycles. The molecule has 0 bridgehead atoms. The molecule has 4 nitrogen and oxygen atoms in total. The van der Waals surface area contributed by atoms with Gasteiger partial charge in [-0.05, 0) is 56.2 Å². The van der Waals surface area contributed by atoms with E-state index >= 15 is 0 Å². The van der Waals surface area contributed by atoms with Gasteiger partial charge in [0.05, 0.1) is 12.2 Å². The first-order chi connectivity index (χ1) is 14.9. The molecule has 0 saturated carbocycles. The van der Waals surface area contributed by atoms with Crippen molar-refractivity contribution in [3.05, 3.63) is 37.5 Å². The number of rotatable bonds is 12. The van der Waals surface area contributed by atoms with Crippen LogP contribution in [0, 0.1) is 17.3 Å². The summed E-state index contributed by atoms with van der Waals surface area (Å²) in [6.45, 7) is 28.5. The average molecular weight is 479 g/mol. The maximum Gasteiger partial charge on any atom is 0.194 e. The molecule has 1 aliphatic rings. The van der Waals surface area contributed by atoms with Gasteiger partial charge in [-0.3, -0.25) is 4.79 Å². The van der Waals surface area contributed by atoms with Gasteiger partial charge < -0.3 is 14.3 Å². The van der Waals surface area contributed by atoms with Crippen LogP contribution in [0.1, 0.15) is 74.7 Å². The summed E-state index contributed by atoms with van der Waals surface area (Å²) in [4.78, 5) is 14.0. The van der Waals surface area contributed by atoms with Crippen LogP contribution in [-0.2, 0) is 14.0 Å². The average Bonchev–Trinajstić information content (AvgIpc) is 3.13. The minimum absolute atomic E-state index is 0.0818. The Hall–Kier alpha value is -1.01. The van der Waals surface area contributed by atoms with Crippen LogP contribution in [0.25, 0.3) is 0 Å². The summed E-state index contributed by atoms with van der Waals surface area (Å²) in [5.41, 5.74) is -1.21. The molecule has 1 heterocycles. The molecule has 1 saturated heterocycles. The van der Waals surface area contributed by atoms with Gasteiger partial charge >= 0.3 is 0 Å². The Balaban J connectivity index is 3.22. The normalized spacial score (nSPS) is 26.1. The lowest BCUT2D eigenvalue weighted by atomic mass is 9.83. The van der Waals surface area contributed by atoms with Crippen LogP contribution in [0.3, 0.4) is 0 Å². The molecular weight excluding hydrogens is 428 g/mol. The van der Waals surface area contributed by atoms with E-state index in [1.165, 1.54) is 0 Å². The second-order valence-corrected chi connectivity index (χ2v) is 17.1. The predicted octanol–water partition coefficient (Wildman–Crippen LogP) is 6.86. The number of allylic oxidation sites excluding steroid dienone is 3. The Morgan fingerprint density at radius 2 is 1.82 bits per heavy atom. The zero-order valence-electron chi connectivity index (χ0n) is 22.9. The number of aliphatic hydroxyl groups excluding tert-OH is 1. The van der Waals surface area contributed by atoms with Crippen LogP contribution < -0.4 is 0 Å². The van der Waals surface area contributed by atoms with Crippen molar-refractivity contribution in [3.8, 4) is 0 Å². The number of hydrogen-bond donors (Lipinski definition) is 1. The monoisotopic (exact) mass is 478 g/mol. The molecule has 1 fully saturated rings. The standard InChI is InChI=1S/C28H50O4Si/c1-13-15-21(4)23(29)24(32-33(11,12)26(5,6)7)25(30)28(10)19-17-22(31-28)27(8,9)18-16-20(3)14-2/h13-14,16,18,20-24,29H,1-2,15,17,19H2,3-12H3/b18-16+/t20-,21-,22+,23-,24+,28-/m0/s1. The maximum atomic E-state index is 14.0. The summed E-state index contributed by atoms with van der Waals surface area (Å²) in [6.07, 6.45) is 8.10. The number of ketones is 1. The summed E-state index contributed by atoms with van der Waals surface area (Å²) in [5.74, 6) is 0.00168. The first-order valence-corrected chi connectivity index (χ1v) is 15.3. The Bertz CT molecular complexity index is 718. The van der Waals surface area contributed by atoms with Crippen molar-refractivity contribution < 1.29 is 19.1 Å². The van der Waals surface area contributed by atoms with Gasteiger partial charge in [-0.2, -0.15) is 0 Å². The zero-order chi connectivity index (χ0) is 25.8. The van der Waals surface area contributed by atoms with E-state index in [0.29, 0.717) is 12.8 Å². The maximum absolute atomic E-state index is 14.0. The molecule has 6 atom stereocenters. The lowest BCUT2D eigenvalue weighted by Crippen LogP contribution is -2.56. The molecule has 0 aromatic heterocycles. The summed E-state index contributed by atoms with van der Waals surface area (Å²) < 4.78 is 13.1. The predicted molar refractivity (Wildman–Crippen MR) is 142 cm³/mol. The Morgan fingerprint density at radius 1 is 1.24 bits per heavy atom. The number of aliphatic hydroxyl groups is 1. The van der Waals surface area contributed by atoms with Crippen molar-refractivity contribution in [3.63, 3.8) is 0 Å². The first-order valence-electron chi connectivity index (χ1n) is 12.4. The molecule has 0 aromatic carbocycles. The fourth-order valence-electron chi connectivity index (χ4n) is 3.90. The fraction of sp³-hybridized carbons (Fsp3) is 0.750. The highest BCUT2D eigenvalue weighted by atomic mass is 28.4. The summed E-state index contributed by atoms with van der Waals surface area (Å²) >= 11 is 0. The van der Waals surface area contributed by atoms with Crippen molar-refractivity contribution in [2.45, 2.75) is 117 Å². The van der Waals surface area contributed by atoms with Crippen LogP contribution in [0.4, 0.5) is 0 Å². The first kappa shape index (κ1) is 30.0. The highest BCUT2D eigenvalue weighted by molar-refractivity contribution is 6.74. The SMILES string of the molecule is C=CC[C@H](C)[C@H](O)[C@@H](O[Si](C)(C)C(C)(C)C)C(=O)[C@]1(C)CC[C@H](C(C)(C)/C=C/[C@@H](C)C=C)O1. The lowest BCUT2D eigenvalue weighted by Gasteiger charge is -2.42. The smallest absolute Gasteiger partial charge is 0.194 e. The topological polar surface area (TPSA) is 55.8 Å². The van der Waals surface area contributed by atoms with Gasteiger partial charge in [0, 0.05) is 5.41 Å². The molecule has 0 spiro atoms. The highest BCUT2D eigenvalue weighted by Crippen LogP contribution is 2.43. The number of hydrogen-bond acceptors (Lipinski definition) is 4. The highest BCUT2D eigenvalue weighted by Gasteiger charge is 2.52. The number of carbonyl (C=O) groups is 1. The van der Waals surface area contributed by atoms with Gasteiger partial charge in [-0.1, -0.05) is 72.8 Å². The van der Waals surface area contributed by atoms with Crippen molar-refractivity contribution in [1.29, 1.82) is 0 Å². The molecule has 1 aliphatic heterocycles. The minimum atomic E-state index is -2.31. The molecule has 0 unspecified atom stereocenters. The molecule has 0 amide bonds. The second kappa shape index (κ2) is 11.2. The van der Waals surface area contributed by atoms with Gasteiger partial charge in [0.2, 0.25) is 0 Å². The van der Waals surface area contributed by atoms with Gasteiger partial charge in [0.25, 0.3) is 0 Å². The van der Waals surface area contributed by atoms with Crippen LogP contribution in [0.2, 0.25) is 18.1 Å². The van der Waals surface area contributed by atoms with E-state index in [1.807, 2.05) is 19.9 Å². The molecule has 0 radical (unpaired) electrons. The third-order valence-electron chi connectivity index (χ3n) is 7.76. The van der Waals surface area contributed by atoms with Crippen LogP contribution >= 0.6 is 0 Å². The van der Waals surface area contributed by atoms with E-state index in [9.17, 15) is 9.90 Å². The fourth-order valence-corrected chi connectivity index (χ4v) is 5.14. The molecular formula is C28H50O4Si. The second-order valence-electron chi connectivity index (χ2n) is 12.3. The van der Waals surface area contributed by atoms with Crippen LogP contribution in [0.15, 0.2) is 37.5 Å². The third kappa shape index (κ3) is 7.48. The Kier molecular flexibility index (Phi) is 10.1. The van der Waals surface area contributed by atoms with E-state index in [1.54, 1.807) is 6.08 Å². The van der Waals surface area contributed by atoms with Crippen molar-refractivity contribution in [1.82, 2.24) is 0 Å². The minimum Gasteiger partial charge on any atom is -0.404 e. The summed E-state index contributed by atoms with van der Waals surface area (Å²) in [5, 5.41) is 11.2. The quantitative estimate of drug-likeness (QED) is 0.246. The number of ether oxygens (including phenoxy) is 1.